The van der Waals surface area contributed by atoms with Crippen molar-refractivity contribution in [3.8, 4) is 0 Å². The lowest BCUT2D eigenvalue weighted by atomic mass is 10.1. The fourth-order valence-corrected chi connectivity index (χ4v) is 4.13. The van der Waals surface area contributed by atoms with Crippen LogP contribution in [0.3, 0.4) is 0 Å². The lowest BCUT2D eigenvalue weighted by Gasteiger charge is -2.23. The second-order valence-electron chi connectivity index (χ2n) is 10.6. The topological polar surface area (TPSA) is 234 Å². The highest BCUT2D eigenvalue weighted by molar-refractivity contribution is 5.85. The number of primary amides is 1. The molecule has 2 rings (SSSR count). The van der Waals surface area contributed by atoms with Gasteiger partial charge in [-0.3, -0.25) is 4.79 Å². The molecule has 4 atom stereocenters. The van der Waals surface area contributed by atoms with Gasteiger partial charge in [-0.25, -0.2) is 19.2 Å². The smallest absolute Gasteiger partial charge is 0.315 e. The van der Waals surface area contributed by atoms with Crippen molar-refractivity contribution in [2.75, 3.05) is 32.7 Å². The SMILES string of the molecule is C[C@@H](CNC(=O)N[C@H](CNC(=O)N[C@H](CNC(=O)NCCN)Cc1ccccc1)Cc1ccccc1)NC(=O)N[C@H](C)C(N)=O. The summed E-state index contributed by atoms with van der Waals surface area (Å²) in [6.07, 6.45) is 0.914. The van der Waals surface area contributed by atoms with E-state index in [1.807, 2.05) is 60.7 Å². The molecule has 45 heavy (non-hydrogen) atoms. The minimum atomic E-state index is -0.845. The van der Waals surface area contributed by atoms with E-state index in [-0.39, 0.29) is 25.7 Å². The predicted molar refractivity (Wildman–Crippen MR) is 171 cm³/mol. The third-order valence-corrected chi connectivity index (χ3v) is 6.49. The number of nitrogens with two attached hydrogens (primary N) is 2. The van der Waals surface area contributed by atoms with Crippen LogP contribution in [0.25, 0.3) is 0 Å². The molecule has 0 saturated carbocycles. The van der Waals surface area contributed by atoms with Crippen LogP contribution in [0.1, 0.15) is 25.0 Å². The molecule has 0 spiro atoms. The third kappa shape index (κ3) is 15.8. The number of carbonyl (C=O) groups is 5. The first kappa shape index (κ1) is 36.1. The fourth-order valence-electron chi connectivity index (χ4n) is 4.13. The van der Waals surface area contributed by atoms with Gasteiger partial charge in [0, 0.05) is 38.8 Å². The maximum absolute atomic E-state index is 13.0. The van der Waals surface area contributed by atoms with Crippen LogP contribution in [0, 0.1) is 0 Å². The van der Waals surface area contributed by atoms with Gasteiger partial charge >= 0.3 is 24.1 Å². The Hall–Kier alpha value is -5.05. The Morgan fingerprint density at radius 1 is 0.600 bits per heavy atom. The normalized spacial score (nSPS) is 13.1. The van der Waals surface area contributed by atoms with E-state index in [4.69, 9.17) is 11.5 Å². The van der Waals surface area contributed by atoms with E-state index in [2.05, 4.69) is 42.5 Å². The molecule has 2 aromatic carbocycles. The van der Waals surface area contributed by atoms with Gasteiger partial charge in [-0.05, 0) is 37.8 Å². The second-order valence-corrected chi connectivity index (χ2v) is 10.6. The number of nitrogens with one attached hydrogen (secondary N) is 8. The molecule has 9 amide bonds. The zero-order valence-electron chi connectivity index (χ0n) is 25.7. The van der Waals surface area contributed by atoms with Gasteiger partial charge in [0.15, 0.2) is 0 Å². The van der Waals surface area contributed by atoms with Gasteiger partial charge in [0.05, 0.1) is 12.1 Å². The van der Waals surface area contributed by atoms with Gasteiger partial charge in [-0.2, -0.15) is 0 Å². The molecule has 15 heteroatoms. The van der Waals surface area contributed by atoms with E-state index in [1.165, 1.54) is 6.92 Å². The van der Waals surface area contributed by atoms with Crippen molar-refractivity contribution in [2.24, 2.45) is 11.5 Å². The van der Waals surface area contributed by atoms with E-state index in [0.29, 0.717) is 25.9 Å². The van der Waals surface area contributed by atoms with Crippen molar-refractivity contribution in [1.29, 1.82) is 0 Å². The summed E-state index contributed by atoms with van der Waals surface area (Å²) in [6.45, 7) is 4.17. The molecule has 0 radical (unpaired) electrons. The maximum atomic E-state index is 13.0. The number of hydrogen-bond acceptors (Lipinski definition) is 6. The van der Waals surface area contributed by atoms with Crippen LogP contribution in [0.4, 0.5) is 19.2 Å². The van der Waals surface area contributed by atoms with Crippen LogP contribution in [0.15, 0.2) is 60.7 Å². The summed E-state index contributed by atoms with van der Waals surface area (Å²) in [5.41, 5.74) is 12.5. The first-order chi connectivity index (χ1) is 21.5. The Labute approximate surface area is 263 Å². The number of urea groups is 4. The Balaban J connectivity index is 1.95. The van der Waals surface area contributed by atoms with E-state index in [9.17, 15) is 24.0 Å². The van der Waals surface area contributed by atoms with Crippen LogP contribution in [0.5, 0.6) is 0 Å². The maximum Gasteiger partial charge on any atom is 0.315 e. The van der Waals surface area contributed by atoms with Gasteiger partial charge in [0.2, 0.25) is 5.91 Å². The zero-order chi connectivity index (χ0) is 33.0. The largest absolute Gasteiger partial charge is 0.368 e. The molecule has 0 saturated heterocycles. The lowest BCUT2D eigenvalue weighted by Crippen LogP contribution is -2.55. The number of amides is 9. The van der Waals surface area contributed by atoms with Gasteiger partial charge < -0.3 is 54.0 Å². The van der Waals surface area contributed by atoms with Crippen LogP contribution < -0.4 is 54.0 Å². The van der Waals surface area contributed by atoms with Crippen molar-refractivity contribution in [3.63, 3.8) is 0 Å². The molecule has 0 fully saturated rings. The minimum absolute atomic E-state index is 0.100. The highest BCUT2D eigenvalue weighted by Crippen LogP contribution is 2.05. The molecule has 0 aliphatic rings. The van der Waals surface area contributed by atoms with Crippen molar-refractivity contribution in [2.45, 2.75) is 50.9 Å². The van der Waals surface area contributed by atoms with Gasteiger partial charge in [0.1, 0.15) is 6.04 Å². The van der Waals surface area contributed by atoms with E-state index in [1.54, 1.807) is 6.92 Å². The Morgan fingerprint density at radius 3 is 1.53 bits per heavy atom. The molecular formula is C30H46N10O5. The predicted octanol–water partition coefficient (Wildman–Crippen LogP) is -0.373. The summed E-state index contributed by atoms with van der Waals surface area (Å²) in [4.78, 5) is 60.9. The molecule has 15 nitrogen and oxygen atoms in total. The Kier molecular flexibility index (Phi) is 16.1. The highest BCUT2D eigenvalue weighted by Gasteiger charge is 2.19. The van der Waals surface area contributed by atoms with E-state index in [0.717, 1.165) is 11.1 Å². The lowest BCUT2D eigenvalue weighted by molar-refractivity contribution is -0.119. The summed E-state index contributed by atoms with van der Waals surface area (Å²) in [7, 11) is 0. The first-order valence-corrected chi connectivity index (χ1v) is 14.8. The summed E-state index contributed by atoms with van der Waals surface area (Å²) in [5, 5.41) is 21.7. The highest BCUT2D eigenvalue weighted by atomic mass is 16.2. The van der Waals surface area contributed by atoms with Crippen molar-refractivity contribution < 1.29 is 24.0 Å². The summed E-state index contributed by atoms with van der Waals surface area (Å²) in [5.74, 6) is -0.670. The van der Waals surface area contributed by atoms with Crippen molar-refractivity contribution >= 4 is 30.0 Å². The van der Waals surface area contributed by atoms with E-state index >= 15 is 0 Å². The van der Waals surface area contributed by atoms with Crippen LogP contribution in [-0.2, 0) is 17.6 Å². The average molecular weight is 627 g/mol. The second kappa shape index (κ2) is 20.0. The molecule has 2 aromatic rings. The average Bonchev–Trinajstić information content (AvgIpc) is 3.01. The molecule has 12 N–H and O–H groups in total. The van der Waals surface area contributed by atoms with Gasteiger partial charge in [-0.15, -0.1) is 0 Å². The van der Waals surface area contributed by atoms with E-state index < -0.39 is 48.2 Å². The summed E-state index contributed by atoms with van der Waals surface area (Å²) >= 11 is 0. The minimum Gasteiger partial charge on any atom is -0.368 e. The molecule has 0 aromatic heterocycles. The summed E-state index contributed by atoms with van der Waals surface area (Å²) in [6, 6.07) is 14.9. The molecule has 246 valence electrons. The standard InChI is InChI=1S/C30H46N10O5/c1-20(37-30(45)38-21(2)26(32)41)17-34-28(43)39-25(16-23-11-7-4-8-12-23)19-36-29(44)40-24(15-22-9-5-3-6-10-22)18-35-27(42)33-14-13-31/h3-12,20-21,24-25H,13-19,31H2,1-2H3,(H2,32,41)(H2,33,35,42)(H2,34,39,43)(H2,36,40,44)(H2,37,38,45)/t20-,21+,24-,25-/m0/s1. The Morgan fingerprint density at radius 2 is 1.07 bits per heavy atom. The fraction of sp³-hybridized carbons (Fsp3) is 0.433. The summed E-state index contributed by atoms with van der Waals surface area (Å²) < 4.78 is 0. The first-order valence-electron chi connectivity index (χ1n) is 14.8. The zero-order valence-corrected chi connectivity index (χ0v) is 25.7. The quantitative estimate of drug-likeness (QED) is 0.112. The van der Waals surface area contributed by atoms with Crippen molar-refractivity contribution in [1.82, 2.24) is 42.5 Å². The molecule has 0 heterocycles. The number of hydrogen-bond donors (Lipinski definition) is 10. The monoisotopic (exact) mass is 626 g/mol. The van der Waals surface area contributed by atoms with Crippen LogP contribution in [0.2, 0.25) is 0 Å². The number of rotatable bonds is 17. The number of benzene rings is 2. The number of carbonyl (C=O) groups excluding carboxylic acids is 5. The molecule has 0 unspecified atom stereocenters. The van der Waals surface area contributed by atoms with Gasteiger partial charge in [-0.1, -0.05) is 60.7 Å². The third-order valence-electron chi connectivity index (χ3n) is 6.49. The molecule has 0 bridgehead atoms. The Bertz CT molecular complexity index is 1220. The van der Waals surface area contributed by atoms with Gasteiger partial charge in [0.25, 0.3) is 0 Å². The molecule has 0 aliphatic heterocycles. The van der Waals surface area contributed by atoms with Crippen LogP contribution >= 0.6 is 0 Å². The molecular weight excluding hydrogens is 580 g/mol. The van der Waals surface area contributed by atoms with Crippen LogP contribution in [-0.4, -0.2) is 86.9 Å². The molecule has 0 aliphatic carbocycles. The van der Waals surface area contributed by atoms with Crippen molar-refractivity contribution in [3.05, 3.63) is 71.8 Å².